The van der Waals surface area contributed by atoms with Gasteiger partial charge < -0.3 is 15.8 Å². The molecule has 0 aliphatic carbocycles. The number of ether oxygens (including phenoxy) is 1. The number of benzene rings is 1. The third-order valence-electron chi connectivity index (χ3n) is 2.29. The lowest BCUT2D eigenvalue weighted by Crippen LogP contribution is -2.02. The number of pyridine rings is 1. The molecule has 0 saturated carbocycles. The fourth-order valence-electron chi connectivity index (χ4n) is 1.45. The molecule has 0 fully saturated rings. The average Bonchev–Trinajstić information content (AvgIpc) is 2.37. The lowest BCUT2D eigenvalue weighted by atomic mass is 10.3. The van der Waals surface area contributed by atoms with Gasteiger partial charge in [0.15, 0.2) is 0 Å². The largest absolute Gasteiger partial charge is 0.476 e. The van der Waals surface area contributed by atoms with E-state index in [0.29, 0.717) is 24.0 Å². The maximum absolute atomic E-state index is 5.77. The zero-order chi connectivity index (χ0) is 13.0. The molecule has 0 spiro atoms. The van der Waals surface area contributed by atoms with Crippen LogP contribution in [-0.2, 0) is 0 Å². The van der Waals surface area contributed by atoms with Gasteiger partial charge in [-0.3, -0.25) is 0 Å². The monoisotopic (exact) mass is 355 g/mol. The fraction of sp³-hybridized carbons (Fsp3) is 0.154. The second kappa shape index (κ2) is 5.90. The Labute approximate surface area is 120 Å². The van der Waals surface area contributed by atoms with E-state index in [1.807, 2.05) is 37.3 Å². The molecule has 5 heteroatoms. The summed E-state index contributed by atoms with van der Waals surface area (Å²) in [6.45, 7) is 2.45. The van der Waals surface area contributed by atoms with Crippen molar-refractivity contribution in [2.24, 2.45) is 0 Å². The number of rotatable bonds is 4. The molecule has 2 aromatic rings. The summed E-state index contributed by atoms with van der Waals surface area (Å²) in [4.78, 5) is 4.32. The van der Waals surface area contributed by atoms with E-state index in [9.17, 15) is 0 Å². The maximum Gasteiger partial charge on any atom is 0.239 e. The van der Waals surface area contributed by atoms with Crippen LogP contribution in [0.5, 0.6) is 5.88 Å². The van der Waals surface area contributed by atoms with Crippen molar-refractivity contribution in [3.05, 3.63) is 40.0 Å². The van der Waals surface area contributed by atoms with Crippen molar-refractivity contribution in [3.63, 3.8) is 0 Å². The van der Waals surface area contributed by atoms with Crippen molar-refractivity contribution in [3.8, 4) is 5.88 Å². The number of nitrogen functional groups attached to an aromatic ring is 1. The Morgan fingerprint density at radius 1 is 1.22 bits per heavy atom. The standard InChI is InChI=1S/C13H14IN3O/c1-2-18-13-11(15)7-8-12(17-13)16-10-5-3-9(14)4-6-10/h3-8H,2,15H2,1H3,(H,16,17). The molecule has 3 N–H and O–H groups in total. The summed E-state index contributed by atoms with van der Waals surface area (Å²) in [5.41, 5.74) is 7.30. The first-order valence-electron chi connectivity index (χ1n) is 5.61. The van der Waals surface area contributed by atoms with Crippen LogP contribution in [0.3, 0.4) is 0 Å². The van der Waals surface area contributed by atoms with Crippen LogP contribution in [0.15, 0.2) is 36.4 Å². The second-order valence-corrected chi connectivity index (χ2v) is 4.90. The zero-order valence-electron chi connectivity index (χ0n) is 9.98. The average molecular weight is 355 g/mol. The van der Waals surface area contributed by atoms with Gasteiger partial charge >= 0.3 is 0 Å². The lowest BCUT2D eigenvalue weighted by Gasteiger charge is -2.09. The van der Waals surface area contributed by atoms with E-state index in [0.717, 1.165) is 5.69 Å². The summed E-state index contributed by atoms with van der Waals surface area (Å²) in [5, 5.41) is 3.21. The molecule has 0 aliphatic rings. The van der Waals surface area contributed by atoms with Gasteiger partial charge in [0, 0.05) is 9.26 Å². The van der Waals surface area contributed by atoms with Crippen LogP contribution < -0.4 is 15.8 Å². The number of hydrogen-bond acceptors (Lipinski definition) is 4. The van der Waals surface area contributed by atoms with E-state index in [-0.39, 0.29) is 0 Å². The van der Waals surface area contributed by atoms with Crippen molar-refractivity contribution < 1.29 is 4.74 Å². The number of halogens is 1. The van der Waals surface area contributed by atoms with Crippen molar-refractivity contribution in [1.82, 2.24) is 4.98 Å². The van der Waals surface area contributed by atoms with Crippen molar-refractivity contribution in [2.75, 3.05) is 17.7 Å². The van der Waals surface area contributed by atoms with E-state index in [1.165, 1.54) is 3.57 Å². The maximum atomic E-state index is 5.77. The molecule has 2 rings (SSSR count). The topological polar surface area (TPSA) is 60.2 Å². The molecule has 0 saturated heterocycles. The molecular weight excluding hydrogens is 341 g/mol. The molecule has 0 amide bonds. The SMILES string of the molecule is CCOc1nc(Nc2ccc(I)cc2)ccc1N. The molecule has 0 atom stereocenters. The first-order chi connectivity index (χ1) is 8.69. The Kier molecular flexibility index (Phi) is 4.24. The van der Waals surface area contributed by atoms with Crippen LogP contribution in [0.2, 0.25) is 0 Å². The van der Waals surface area contributed by atoms with Gasteiger partial charge in [-0.05, 0) is 65.9 Å². The van der Waals surface area contributed by atoms with E-state index < -0.39 is 0 Å². The first-order valence-corrected chi connectivity index (χ1v) is 6.69. The Hall–Kier alpha value is -1.50. The first kappa shape index (κ1) is 12.9. The van der Waals surface area contributed by atoms with Crippen molar-refractivity contribution in [1.29, 1.82) is 0 Å². The van der Waals surface area contributed by atoms with Crippen LogP contribution in [0.4, 0.5) is 17.2 Å². The summed E-state index contributed by atoms with van der Waals surface area (Å²) in [6, 6.07) is 11.7. The van der Waals surface area contributed by atoms with E-state index in [4.69, 9.17) is 10.5 Å². The van der Waals surface area contributed by atoms with Crippen molar-refractivity contribution >= 4 is 39.8 Å². The fourth-order valence-corrected chi connectivity index (χ4v) is 1.81. The van der Waals surface area contributed by atoms with Crippen LogP contribution in [-0.4, -0.2) is 11.6 Å². The number of nitrogens with one attached hydrogen (secondary N) is 1. The number of anilines is 3. The van der Waals surface area contributed by atoms with Gasteiger partial charge in [-0.1, -0.05) is 0 Å². The molecule has 0 bridgehead atoms. The lowest BCUT2D eigenvalue weighted by molar-refractivity contribution is 0.329. The predicted octanol–water partition coefficient (Wildman–Crippen LogP) is 3.41. The van der Waals surface area contributed by atoms with Crippen molar-refractivity contribution in [2.45, 2.75) is 6.92 Å². The van der Waals surface area contributed by atoms with Crippen LogP contribution in [0.25, 0.3) is 0 Å². The minimum absolute atomic E-state index is 0.466. The third kappa shape index (κ3) is 3.25. The summed E-state index contributed by atoms with van der Waals surface area (Å²) >= 11 is 2.27. The Balaban J connectivity index is 2.18. The van der Waals surface area contributed by atoms with Gasteiger partial charge in [0.05, 0.1) is 12.3 Å². The molecule has 18 heavy (non-hydrogen) atoms. The highest BCUT2D eigenvalue weighted by molar-refractivity contribution is 14.1. The molecular formula is C13H14IN3O. The molecule has 1 aromatic heterocycles. The summed E-state index contributed by atoms with van der Waals surface area (Å²) in [5.74, 6) is 1.18. The normalized spacial score (nSPS) is 10.1. The predicted molar refractivity (Wildman–Crippen MR) is 82.3 cm³/mol. The highest BCUT2D eigenvalue weighted by Gasteiger charge is 2.04. The molecule has 0 unspecified atom stereocenters. The van der Waals surface area contributed by atoms with E-state index in [1.54, 1.807) is 6.07 Å². The third-order valence-corrected chi connectivity index (χ3v) is 3.01. The van der Waals surface area contributed by atoms with Gasteiger partial charge in [-0.2, -0.15) is 4.98 Å². The highest BCUT2D eigenvalue weighted by atomic mass is 127. The quantitative estimate of drug-likeness (QED) is 0.826. The molecule has 94 valence electrons. The number of hydrogen-bond donors (Lipinski definition) is 2. The van der Waals surface area contributed by atoms with Gasteiger partial charge in [0.2, 0.25) is 5.88 Å². The zero-order valence-corrected chi connectivity index (χ0v) is 12.1. The van der Waals surface area contributed by atoms with Gasteiger partial charge in [0.1, 0.15) is 5.82 Å². The van der Waals surface area contributed by atoms with Gasteiger partial charge in [0.25, 0.3) is 0 Å². The molecule has 1 heterocycles. The van der Waals surface area contributed by atoms with E-state index >= 15 is 0 Å². The van der Waals surface area contributed by atoms with Crippen LogP contribution in [0, 0.1) is 3.57 Å². The number of nitrogens with zero attached hydrogens (tertiary/aromatic N) is 1. The number of aromatic nitrogens is 1. The Morgan fingerprint density at radius 2 is 1.94 bits per heavy atom. The Bertz CT molecular complexity index is 528. The van der Waals surface area contributed by atoms with Crippen LogP contribution in [0.1, 0.15) is 6.92 Å². The van der Waals surface area contributed by atoms with Crippen LogP contribution >= 0.6 is 22.6 Å². The minimum atomic E-state index is 0.466. The summed E-state index contributed by atoms with van der Waals surface area (Å²) in [6.07, 6.45) is 0. The molecule has 0 radical (unpaired) electrons. The number of nitrogens with two attached hydrogens (primary N) is 1. The highest BCUT2D eigenvalue weighted by Crippen LogP contribution is 2.23. The summed E-state index contributed by atoms with van der Waals surface area (Å²) < 4.78 is 6.55. The van der Waals surface area contributed by atoms with Gasteiger partial charge in [-0.15, -0.1) is 0 Å². The van der Waals surface area contributed by atoms with E-state index in [2.05, 4.69) is 32.9 Å². The second-order valence-electron chi connectivity index (χ2n) is 3.66. The smallest absolute Gasteiger partial charge is 0.239 e. The Morgan fingerprint density at radius 3 is 2.61 bits per heavy atom. The molecule has 1 aromatic carbocycles. The summed E-state index contributed by atoms with van der Waals surface area (Å²) in [7, 11) is 0. The molecule has 0 aliphatic heterocycles. The molecule has 4 nitrogen and oxygen atoms in total. The minimum Gasteiger partial charge on any atom is -0.476 e. The van der Waals surface area contributed by atoms with Gasteiger partial charge in [-0.25, -0.2) is 0 Å².